The summed E-state index contributed by atoms with van der Waals surface area (Å²) in [6.45, 7) is 2.81. The van der Waals surface area contributed by atoms with E-state index in [0.717, 1.165) is 6.42 Å². The molecule has 110 valence electrons. The number of nitrogens with one attached hydrogen (secondary N) is 2. The van der Waals surface area contributed by atoms with Gasteiger partial charge in [-0.05, 0) is 29.7 Å². The van der Waals surface area contributed by atoms with Gasteiger partial charge in [-0.2, -0.15) is 0 Å². The molecule has 5 nitrogen and oxygen atoms in total. The Hall–Kier alpha value is -1.56. The second kappa shape index (κ2) is 6.74. The van der Waals surface area contributed by atoms with Crippen LogP contribution in [0, 0.1) is 11.8 Å². The lowest BCUT2D eigenvalue weighted by Gasteiger charge is -2.18. The zero-order chi connectivity index (χ0) is 14.5. The number of carboxylic acids is 1. The Labute approximate surface area is 122 Å². The summed E-state index contributed by atoms with van der Waals surface area (Å²) in [5, 5.41) is 16.3. The molecule has 1 fully saturated rings. The number of amides is 2. The normalized spacial score (nSPS) is 23.2. The van der Waals surface area contributed by atoms with Crippen molar-refractivity contribution in [3.63, 3.8) is 0 Å². The molecule has 0 radical (unpaired) electrons. The quantitative estimate of drug-likeness (QED) is 0.781. The molecule has 0 aliphatic heterocycles. The predicted octanol–water partition coefficient (Wildman–Crippen LogP) is 2.61. The van der Waals surface area contributed by atoms with Gasteiger partial charge in [-0.15, -0.1) is 11.3 Å². The van der Waals surface area contributed by atoms with E-state index in [1.54, 1.807) is 17.5 Å². The molecular weight excluding hydrogens is 276 g/mol. The number of aliphatic carboxylic acids is 1. The molecule has 1 aromatic rings. The molecule has 1 saturated carbocycles. The van der Waals surface area contributed by atoms with E-state index in [2.05, 4.69) is 17.6 Å². The van der Waals surface area contributed by atoms with Gasteiger partial charge in [0.05, 0.1) is 0 Å². The van der Waals surface area contributed by atoms with Gasteiger partial charge in [-0.25, -0.2) is 9.59 Å². The third-order valence-electron chi connectivity index (χ3n) is 3.91. The fourth-order valence-electron chi connectivity index (χ4n) is 2.64. The Morgan fingerprint density at radius 3 is 2.85 bits per heavy atom. The molecule has 6 heteroatoms. The number of thiophene rings is 1. The van der Waals surface area contributed by atoms with Crippen LogP contribution in [0.5, 0.6) is 0 Å². The first-order valence-electron chi connectivity index (χ1n) is 6.88. The van der Waals surface area contributed by atoms with Gasteiger partial charge in [-0.1, -0.05) is 25.8 Å². The summed E-state index contributed by atoms with van der Waals surface area (Å²) in [5.74, 6) is 0.0884. The summed E-state index contributed by atoms with van der Waals surface area (Å²) >= 11 is 1.32. The smallest absolute Gasteiger partial charge is 0.331 e. The average molecular weight is 296 g/mol. The lowest BCUT2D eigenvalue weighted by atomic mass is 9.98. The van der Waals surface area contributed by atoms with Crippen molar-refractivity contribution in [2.24, 2.45) is 11.8 Å². The number of rotatable bonds is 5. The lowest BCUT2D eigenvalue weighted by Crippen LogP contribution is -2.42. The number of carbonyl (C=O) groups excluding carboxylic acids is 1. The first-order valence-corrected chi connectivity index (χ1v) is 7.76. The van der Waals surface area contributed by atoms with E-state index in [1.165, 1.54) is 24.2 Å². The van der Waals surface area contributed by atoms with E-state index < -0.39 is 18.0 Å². The summed E-state index contributed by atoms with van der Waals surface area (Å²) in [6.07, 6.45) is 3.55. The van der Waals surface area contributed by atoms with Gasteiger partial charge < -0.3 is 15.7 Å². The summed E-state index contributed by atoms with van der Waals surface area (Å²) in [6, 6.07) is 2.10. The number of urea groups is 1. The van der Waals surface area contributed by atoms with Crippen LogP contribution in [0.1, 0.15) is 37.1 Å². The van der Waals surface area contributed by atoms with Gasteiger partial charge in [0.1, 0.15) is 0 Å². The van der Waals surface area contributed by atoms with Crippen LogP contribution in [0.3, 0.4) is 0 Å². The largest absolute Gasteiger partial charge is 0.479 e. The highest BCUT2D eigenvalue weighted by atomic mass is 32.1. The molecule has 3 unspecified atom stereocenters. The van der Waals surface area contributed by atoms with Gasteiger partial charge in [-0.3, -0.25) is 0 Å². The molecular formula is C14H20N2O3S. The van der Waals surface area contributed by atoms with Crippen LogP contribution in [0.4, 0.5) is 4.79 Å². The van der Waals surface area contributed by atoms with E-state index in [-0.39, 0.29) is 0 Å². The number of carbonyl (C=O) groups is 2. The minimum absolute atomic E-state index is 0.412. The SMILES string of the molecule is CC1CCCC1CNC(=O)NC(C(=O)O)c1cccs1. The summed E-state index contributed by atoms with van der Waals surface area (Å²) in [5.41, 5.74) is 0. The van der Waals surface area contributed by atoms with Crippen molar-refractivity contribution in [2.75, 3.05) is 6.54 Å². The molecule has 1 aliphatic rings. The highest BCUT2D eigenvalue weighted by molar-refractivity contribution is 7.10. The molecule has 0 aromatic carbocycles. The van der Waals surface area contributed by atoms with Crippen molar-refractivity contribution in [2.45, 2.75) is 32.2 Å². The first-order chi connectivity index (χ1) is 9.58. The highest BCUT2D eigenvalue weighted by Crippen LogP contribution is 2.30. The predicted molar refractivity (Wildman–Crippen MR) is 77.7 cm³/mol. The standard InChI is InChI=1S/C14H20N2O3S/c1-9-4-2-5-10(9)8-15-14(19)16-12(13(17)18)11-6-3-7-20-11/h3,6-7,9-10,12H,2,4-5,8H2,1H3,(H,17,18)(H2,15,16,19). The topological polar surface area (TPSA) is 78.4 Å². The third kappa shape index (κ3) is 3.72. The van der Waals surface area contributed by atoms with Crippen LogP contribution >= 0.6 is 11.3 Å². The monoisotopic (exact) mass is 296 g/mol. The Morgan fingerprint density at radius 1 is 1.50 bits per heavy atom. The van der Waals surface area contributed by atoms with Gasteiger partial charge in [0.2, 0.25) is 0 Å². The Bertz CT molecular complexity index is 461. The highest BCUT2D eigenvalue weighted by Gasteiger charge is 2.26. The molecule has 2 rings (SSSR count). The van der Waals surface area contributed by atoms with Crippen LogP contribution in [-0.4, -0.2) is 23.7 Å². The van der Waals surface area contributed by atoms with Crippen molar-refractivity contribution in [3.8, 4) is 0 Å². The van der Waals surface area contributed by atoms with Crippen LogP contribution in [-0.2, 0) is 4.79 Å². The maximum absolute atomic E-state index is 11.8. The van der Waals surface area contributed by atoms with Crippen LogP contribution in [0.15, 0.2) is 17.5 Å². The minimum atomic E-state index is -1.04. The van der Waals surface area contributed by atoms with Crippen LogP contribution < -0.4 is 10.6 Å². The second-order valence-corrected chi connectivity index (χ2v) is 6.29. The molecule has 1 heterocycles. The fourth-order valence-corrected chi connectivity index (χ4v) is 3.41. The Kier molecular flexibility index (Phi) is 5.00. The van der Waals surface area contributed by atoms with Crippen molar-refractivity contribution in [3.05, 3.63) is 22.4 Å². The number of hydrogen-bond donors (Lipinski definition) is 3. The maximum Gasteiger partial charge on any atom is 0.331 e. The Morgan fingerprint density at radius 2 is 2.30 bits per heavy atom. The molecule has 0 spiro atoms. The van der Waals surface area contributed by atoms with Crippen LogP contribution in [0.2, 0.25) is 0 Å². The molecule has 3 atom stereocenters. The molecule has 1 aromatic heterocycles. The summed E-state index contributed by atoms with van der Waals surface area (Å²) < 4.78 is 0. The molecule has 3 N–H and O–H groups in total. The van der Waals surface area contributed by atoms with Gasteiger partial charge in [0, 0.05) is 11.4 Å². The third-order valence-corrected chi connectivity index (χ3v) is 4.85. The van der Waals surface area contributed by atoms with E-state index >= 15 is 0 Å². The van der Waals surface area contributed by atoms with Crippen molar-refractivity contribution in [1.29, 1.82) is 0 Å². The zero-order valence-corrected chi connectivity index (χ0v) is 12.3. The van der Waals surface area contributed by atoms with Crippen molar-refractivity contribution >= 4 is 23.3 Å². The van der Waals surface area contributed by atoms with Crippen LogP contribution in [0.25, 0.3) is 0 Å². The first kappa shape index (κ1) is 14.8. The van der Waals surface area contributed by atoms with Crippen molar-refractivity contribution in [1.82, 2.24) is 10.6 Å². The zero-order valence-electron chi connectivity index (χ0n) is 11.5. The number of carboxylic acid groups (broad SMARTS) is 1. The number of hydrogen-bond acceptors (Lipinski definition) is 3. The summed E-state index contributed by atoms with van der Waals surface area (Å²) in [7, 11) is 0. The van der Waals surface area contributed by atoms with Gasteiger partial charge >= 0.3 is 12.0 Å². The minimum Gasteiger partial charge on any atom is -0.479 e. The van der Waals surface area contributed by atoms with E-state index in [1.807, 2.05) is 0 Å². The van der Waals surface area contributed by atoms with E-state index in [9.17, 15) is 14.7 Å². The molecule has 0 bridgehead atoms. The van der Waals surface area contributed by atoms with Gasteiger partial charge in [0.15, 0.2) is 6.04 Å². The Balaban J connectivity index is 1.84. The van der Waals surface area contributed by atoms with E-state index in [0.29, 0.717) is 23.3 Å². The fraction of sp³-hybridized carbons (Fsp3) is 0.571. The molecule has 20 heavy (non-hydrogen) atoms. The molecule has 2 amide bonds. The molecule has 0 saturated heterocycles. The second-order valence-electron chi connectivity index (χ2n) is 5.31. The van der Waals surface area contributed by atoms with Crippen molar-refractivity contribution < 1.29 is 14.7 Å². The summed E-state index contributed by atoms with van der Waals surface area (Å²) in [4.78, 5) is 23.7. The van der Waals surface area contributed by atoms with E-state index in [4.69, 9.17) is 0 Å². The maximum atomic E-state index is 11.8. The van der Waals surface area contributed by atoms with Gasteiger partial charge in [0.25, 0.3) is 0 Å². The average Bonchev–Trinajstić information content (AvgIpc) is 3.04. The lowest BCUT2D eigenvalue weighted by molar-refractivity contribution is -0.139. The molecule has 1 aliphatic carbocycles.